The van der Waals surface area contributed by atoms with Crippen LogP contribution < -0.4 is 24.8 Å². The summed E-state index contributed by atoms with van der Waals surface area (Å²) in [6, 6.07) is 33.4. The van der Waals surface area contributed by atoms with Crippen LogP contribution >= 0.6 is 7.14 Å². The van der Waals surface area contributed by atoms with Gasteiger partial charge in [0, 0.05) is 17.2 Å². The summed E-state index contributed by atoms with van der Waals surface area (Å²) in [6.45, 7) is 0.799. The molecular weight excluding hydrogens is 457 g/mol. The SMILES string of the molecule is COc1ccc(CN(C)C(c2ccc3c(c2)OCO3)P(=O)(c2ccccc2)c2ccccc2)cc1. The minimum Gasteiger partial charge on any atom is -0.497 e. The zero-order valence-corrected chi connectivity index (χ0v) is 20.7. The van der Waals surface area contributed by atoms with E-state index in [-0.39, 0.29) is 6.79 Å². The van der Waals surface area contributed by atoms with Crippen molar-refractivity contribution in [3.63, 3.8) is 0 Å². The number of hydrogen-bond donors (Lipinski definition) is 0. The lowest BCUT2D eigenvalue weighted by molar-refractivity contribution is 0.174. The molecule has 6 heteroatoms. The minimum atomic E-state index is -3.18. The first-order valence-corrected chi connectivity index (χ1v) is 13.3. The molecule has 1 heterocycles. The third kappa shape index (κ3) is 4.58. The average Bonchev–Trinajstić information content (AvgIpc) is 3.38. The van der Waals surface area contributed by atoms with Crippen LogP contribution in [-0.2, 0) is 11.1 Å². The van der Waals surface area contributed by atoms with Gasteiger partial charge in [-0.1, -0.05) is 78.9 Å². The maximum absolute atomic E-state index is 15.4. The van der Waals surface area contributed by atoms with Crippen molar-refractivity contribution in [2.45, 2.75) is 12.3 Å². The van der Waals surface area contributed by atoms with Crippen molar-refractivity contribution in [1.29, 1.82) is 0 Å². The van der Waals surface area contributed by atoms with Crippen LogP contribution in [0.2, 0.25) is 0 Å². The second-order valence-corrected chi connectivity index (χ2v) is 11.4. The summed E-state index contributed by atoms with van der Waals surface area (Å²) in [4.78, 5) is 2.17. The van der Waals surface area contributed by atoms with Gasteiger partial charge in [-0.15, -0.1) is 0 Å². The second-order valence-electron chi connectivity index (χ2n) is 8.58. The molecule has 4 aromatic rings. The van der Waals surface area contributed by atoms with Crippen molar-refractivity contribution >= 4 is 17.8 Å². The fraction of sp³-hybridized carbons (Fsp3) is 0.172. The van der Waals surface area contributed by atoms with E-state index in [2.05, 4.69) is 4.90 Å². The number of benzene rings is 4. The number of nitrogens with zero attached hydrogens (tertiary/aromatic N) is 1. The van der Waals surface area contributed by atoms with Gasteiger partial charge < -0.3 is 18.8 Å². The van der Waals surface area contributed by atoms with Gasteiger partial charge in [0.25, 0.3) is 0 Å². The summed E-state index contributed by atoms with van der Waals surface area (Å²) < 4.78 is 32.0. The van der Waals surface area contributed by atoms with E-state index in [1.165, 1.54) is 0 Å². The van der Waals surface area contributed by atoms with Crippen LogP contribution in [0, 0.1) is 0 Å². The Morgan fingerprint density at radius 2 is 1.43 bits per heavy atom. The molecule has 5 rings (SSSR count). The zero-order valence-electron chi connectivity index (χ0n) is 19.8. The molecule has 0 spiro atoms. The summed E-state index contributed by atoms with van der Waals surface area (Å²) in [5.41, 5.74) is 2.02. The first kappa shape index (κ1) is 23.2. The second kappa shape index (κ2) is 9.99. The van der Waals surface area contributed by atoms with Crippen molar-refractivity contribution in [3.8, 4) is 17.2 Å². The third-order valence-electron chi connectivity index (χ3n) is 6.33. The van der Waals surface area contributed by atoms with E-state index < -0.39 is 12.9 Å². The van der Waals surface area contributed by atoms with E-state index in [0.29, 0.717) is 18.0 Å². The lowest BCUT2D eigenvalue weighted by atomic mass is 10.1. The van der Waals surface area contributed by atoms with Crippen molar-refractivity contribution in [2.24, 2.45) is 0 Å². The summed E-state index contributed by atoms with van der Waals surface area (Å²) >= 11 is 0. The van der Waals surface area contributed by atoms with Gasteiger partial charge in [0.1, 0.15) is 5.75 Å². The van der Waals surface area contributed by atoms with E-state index in [4.69, 9.17) is 14.2 Å². The Kier molecular flexibility index (Phi) is 6.63. The van der Waals surface area contributed by atoms with Crippen LogP contribution in [0.1, 0.15) is 16.9 Å². The molecule has 1 aliphatic rings. The Labute approximate surface area is 206 Å². The lowest BCUT2D eigenvalue weighted by Gasteiger charge is -2.36. The molecule has 5 nitrogen and oxygen atoms in total. The normalized spacial score (nSPS) is 13.6. The van der Waals surface area contributed by atoms with Crippen LogP contribution in [0.25, 0.3) is 0 Å². The van der Waals surface area contributed by atoms with E-state index >= 15 is 4.57 Å². The Hall–Kier alpha value is -3.53. The van der Waals surface area contributed by atoms with Crippen molar-refractivity contribution in [1.82, 2.24) is 4.90 Å². The molecule has 35 heavy (non-hydrogen) atoms. The largest absolute Gasteiger partial charge is 0.497 e. The van der Waals surface area contributed by atoms with Crippen molar-refractivity contribution in [2.75, 3.05) is 21.0 Å². The summed E-state index contributed by atoms with van der Waals surface area (Å²) in [6.07, 6.45) is 0. The highest BCUT2D eigenvalue weighted by Gasteiger charge is 2.41. The molecule has 0 aromatic heterocycles. The number of fused-ring (bicyclic) bond motifs is 1. The van der Waals surface area contributed by atoms with Gasteiger partial charge in [-0.3, -0.25) is 4.90 Å². The maximum Gasteiger partial charge on any atom is 0.231 e. The quantitative estimate of drug-likeness (QED) is 0.306. The van der Waals surface area contributed by atoms with Crippen LogP contribution in [0.15, 0.2) is 103 Å². The minimum absolute atomic E-state index is 0.195. The number of methoxy groups -OCH3 is 1. The van der Waals surface area contributed by atoms with Crippen molar-refractivity contribution < 1.29 is 18.8 Å². The lowest BCUT2D eigenvalue weighted by Crippen LogP contribution is -2.32. The Bertz CT molecular complexity index is 1280. The molecule has 178 valence electrons. The van der Waals surface area contributed by atoms with Gasteiger partial charge in [-0.25, -0.2) is 0 Å². The van der Waals surface area contributed by atoms with Gasteiger partial charge in [0.05, 0.1) is 12.9 Å². The number of hydrogen-bond acceptors (Lipinski definition) is 5. The van der Waals surface area contributed by atoms with Crippen LogP contribution in [0.3, 0.4) is 0 Å². The summed E-state index contributed by atoms with van der Waals surface area (Å²) in [7, 11) is 0.501. The van der Waals surface area contributed by atoms with E-state index in [9.17, 15) is 0 Å². The molecule has 0 N–H and O–H groups in total. The molecule has 0 aliphatic carbocycles. The van der Waals surface area contributed by atoms with Crippen LogP contribution in [-0.4, -0.2) is 25.9 Å². The molecule has 1 aliphatic heterocycles. The molecule has 1 atom stereocenters. The van der Waals surface area contributed by atoms with E-state index in [1.54, 1.807) is 7.11 Å². The highest BCUT2D eigenvalue weighted by molar-refractivity contribution is 7.78. The highest BCUT2D eigenvalue weighted by Crippen LogP contribution is 2.59. The van der Waals surface area contributed by atoms with E-state index in [1.807, 2.05) is 110 Å². The predicted octanol–water partition coefficient (Wildman–Crippen LogP) is 5.57. The van der Waals surface area contributed by atoms with Crippen LogP contribution in [0.4, 0.5) is 0 Å². The predicted molar refractivity (Wildman–Crippen MR) is 140 cm³/mol. The molecule has 0 saturated carbocycles. The highest BCUT2D eigenvalue weighted by atomic mass is 31.2. The topological polar surface area (TPSA) is 48.0 Å². The van der Waals surface area contributed by atoms with E-state index in [0.717, 1.165) is 27.5 Å². The molecular formula is C29H28NO4P. The van der Waals surface area contributed by atoms with Crippen molar-refractivity contribution in [3.05, 3.63) is 114 Å². The van der Waals surface area contributed by atoms with Gasteiger partial charge in [0.15, 0.2) is 18.6 Å². The van der Waals surface area contributed by atoms with Gasteiger partial charge in [0.2, 0.25) is 6.79 Å². The van der Waals surface area contributed by atoms with Crippen LogP contribution in [0.5, 0.6) is 17.2 Å². The van der Waals surface area contributed by atoms with Gasteiger partial charge >= 0.3 is 0 Å². The smallest absolute Gasteiger partial charge is 0.231 e. The zero-order chi connectivity index (χ0) is 24.3. The Morgan fingerprint density at radius 3 is 2.03 bits per heavy atom. The summed E-state index contributed by atoms with van der Waals surface area (Å²) in [5, 5.41) is 1.63. The number of ether oxygens (including phenoxy) is 3. The first-order chi connectivity index (χ1) is 17.1. The fourth-order valence-corrected chi connectivity index (χ4v) is 7.96. The molecule has 4 aromatic carbocycles. The standard InChI is InChI=1S/C29H28NO4P/c1-30(20-22-13-16-24(32-2)17-14-22)29(23-15-18-27-28(19-23)34-21-33-27)35(31,25-9-5-3-6-10-25)26-11-7-4-8-12-26/h3-19,29H,20-21H2,1-2H3. The monoisotopic (exact) mass is 485 g/mol. The Morgan fingerprint density at radius 1 is 0.829 bits per heavy atom. The van der Waals surface area contributed by atoms with Gasteiger partial charge in [-0.05, 0) is 42.4 Å². The molecule has 0 amide bonds. The molecule has 0 radical (unpaired) electrons. The molecule has 1 unspecified atom stereocenters. The maximum atomic E-state index is 15.4. The third-order valence-corrected chi connectivity index (χ3v) is 9.84. The Balaban J connectivity index is 1.65. The molecule has 0 saturated heterocycles. The van der Waals surface area contributed by atoms with Gasteiger partial charge in [-0.2, -0.15) is 0 Å². The summed E-state index contributed by atoms with van der Waals surface area (Å²) in [5.74, 6) is 1.77. The number of rotatable bonds is 8. The molecule has 0 bridgehead atoms. The average molecular weight is 486 g/mol. The first-order valence-electron chi connectivity index (χ1n) is 11.5. The fourth-order valence-electron chi connectivity index (χ4n) is 4.65. The molecule has 0 fully saturated rings.